The van der Waals surface area contributed by atoms with Gasteiger partial charge in [-0.25, -0.2) is 0 Å². The van der Waals surface area contributed by atoms with Crippen molar-refractivity contribution in [2.45, 2.75) is 71.8 Å². The van der Waals surface area contributed by atoms with Crippen LogP contribution in [0.2, 0.25) is 0 Å². The van der Waals surface area contributed by atoms with Gasteiger partial charge in [0.1, 0.15) is 0 Å². The van der Waals surface area contributed by atoms with Crippen LogP contribution in [0, 0.1) is 12.1 Å². The molecule has 0 bridgehead atoms. The van der Waals surface area contributed by atoms with E-state index in [1.54, 1.807) is 0 Å². The van der Waals surface area contributed by atoms with Crippen LogP contribution < -0.4 is 10.2 Å². The second kappa shape index (κ2) is 11.3. The Morgan fingerprint density at radius 2 is 1.88 bits per heavy atom. The Kier molecular flexibility index (Phi) is 8.38. The summed E-state index contributed by atoms with van der Waals surface area (Å²) in [4.78, 5) is 15.8. The van der Waals surface area contributed by atoms with E-state index in [-0.39, 0.29) is 12.5 Å². The maximum atomic E-state index is 13.4. The minimum atomic E-state index is -0.133. The molecule has 3 aliphatic rings. The van der Waals surface area contributed by atoms with Crippen molar-refractivity contribution in [3.8, 4) is 0 Å². The van der Waals surface area contributed by atoms with Gasteiger partial charge in [0, 0.05) is 53.8 Å². The highest BCUT2D eigenvalue weighted by molar-refractivity contribution is 9.10. The molecule has 2 aliphatic heterocycles. The average molecular weight is 532 g/mol. The average Bonchev–Trinajstić information content (AvgIpc) is 3.08. The zero-order valence-electron chi connectivity index (χ0n) is 20.7. The summed E-state index contributed by atoms with van der Waals surface area (Å²) in [7, 11) is 0. The van der Waals surface area contributed by atoms with Crippen LogP contribution in [-0.4, -0.2) is 49.9 Å². The van der Waals surface area contributed by atoms with Crippen LogP contribution in [0.3, 0.4) is 0 Å². The Bertz CT molecular complexity index is 982. The van der Waals surface area contributed by atoms with Gasteiger partial charge in [0.05, 0.1) is 6.54 Å². The number of hydrogen-bond donors (Lipinski definition) is 1. The smallest absolute Gasteiger partial charge is 0.251 e. The molecule has 1 saturated carbocycles. The van der Waals surface area contributed by atoms with Gasteiger partial charge in [-0.15, -0.1) is 0 Å². The number of ether oxygens (including phenoxy) is 1. The second-order valence-corrected chi connectivity index (χ2v) is 10.6. The van der Waals surface area contributed by atoms with Crippen LogP contribution in [0.4, 0.5) is 5.69 Å². The number of amides is 1. The SMILES string of the molecule is CCN(c1cc(Br)cc(C(=O)NCC2=C3CCCCCC3=C(C)CN2[O-])c1C)C1CCOCC1. The molecule has 0 radical (unpaired) electrons. The predicted molar refractivity (Wildman–Crippen MR) is 141 cm³/mol. The summed E-state index contributed by atoms with van der Waals surface area (Å²) in [6.07, 6.45) is 7.42. The lowest BCUT2D eigenvalue weighted by Crippen LogP contribution is -2.40. The number of anilines is 1. The quantitative estimate of drug-likeness (QED) is 0.500. The highest BCUT2D eigenvalue weighted by atomic mass is 79.9. The van der Waals surface area contributed by atoms with Crippen molar-refractivity contribution in [3.05, 3.63) is 55.4 Å². The van der Waals surface area contributed by atoms with Crippen molar-refractivity contribution >= 4 is 27.5 Å². The Morgan fingerprint density at radius 3 is 2.59 bits per heavy atom. The standard InChI is InChI=1S/C27H37BrN3O3/c1-4-30(21-10-12-34-13-11-21)25-15-20(28)14-24(19(25)3)27(32)29-16-26-23-9-7-5-6-8-22(23)18(2)17-31(26)33/h14-15,21H,4-13,16-17H2,1-3H3,(H,29,32)/q-1. The summed E-state index contributed by atoms with van der Waals surface area (Å²) in [6, 6.07) is 4.41. The molecular formula is C27H37BrN3O3-. The minimum absolute atomic E-state index is 0.133. The molecule has 4 rings (SSSR count). The van der Waals surface area contributed by atoms with Crippen molar-refractivity contribution in [3.63, 3.8) is 0 Å². The molecule has 1 saturated heterocycles. The van der Waals surface area contributed by atoms with Crippen molar-refractivity contribution in [1.82, 2.24) is 10.4 Å². The minimum Gasteiger partial charge on any atom is -0.758 e. The predicted octanol–water partition coefficient (Wildman–Crippen LogP) is 5.84. The molecule has 1 amide bonds. The lowest BCUT2D eigenvalue weighted by molar-refractivity contribution is 0.0845. The Morgan fingerprint density at radius 1 is 1.18 bits per heavy atom. The lowest BCUT2D eigenvalue weighted by atomic mass is 9.91. The third kappa shape index (κ3) is 5.37. The zero-order valence-corrected chi connectivity index (χ0v) is 22.3. The molecule has 0 aromatic heterocycles. The van der Waals surface area contributed by atoms with Crippen LogP contribution in [-0.2, 0) is 4.74 Å². The Hall–Kier alpha value is -1.83. The first kappa shape index (κ1) is 25.3. The van der Waals surface area contributed by atoms with Gasteiger partial charge in [-0.05, 0) is 88.1 Å². The maximum absolute atomic E-state index is 13.4. The number of carbonyl (C=O) groups is 1. The van der Waals surface area contributed by atoms with Crippen molar-refractivity contribution in [2.75, 3.05) is 37.7 Å². The fraction of sp³-hybridized carbons (Fsp3) is 0.593. The molecule has 186 valence electrons. The number of nitrogens with zero attached hydrogens (tertiary/aromatic N) is 2. The topological polar surface area (TPSA) is 67.9 Å². The molecule has 1 aromatic rings. The van der Waals surface area contributed by atoms with Crippen molar-refractivity contribution in [1.29, 1.82) is 0 Å². The number of benzene rings is 1. The number of fused-ring (bicyclic) bond motifs is 1. The maximum Gasteiger partial charge on any atom is 0.251 e. The van der Waals surface area contributed by atoms with E-state index >= 15 is 0 Å². The van der Waals surface area contributed by atoms with Gasteiger partial charge in [-0.1, -0.05) is 27.9 Å². The number of allylic oxidation sites excluding steroid dienone is 2. The summed E-state index contributed by atoms with van der Waals surface area (Å²) in [6.45, 7) is 9.37. The third-order valence-corrected chi connectivity index (χ3v) is 8.01. The molecule has 1 aliphatic carbocycles. The van der Waals surface area contributed by atoms with Crippen LogP contribution in [0.5, 0.6) is 0 Å². The van der Waals surface area contributed by atoms with Gasteiger partial charge in [-0.2, -0.15) is 0 Å². The molecule has 0 atom stereocenters. The first-order valence-corrected chi connectivity index (χ1v) is 13.5. The highest BCUT2D eigenvalue weighted by Gasteiger charge is 2.26. The van der Waals surface area contributed by atoms with E-state index in [2.05, 4.69) is 46.1 Å². The van der Waals surface area contributed by atoms with Gasteiger partial charge >= 0.3 is 0 Å². The Labute approximate surface area is 212 Å². The molecule has 7 heteroatoms. The third-order valence-electron chi connectivity index (χ3n) is 7.55. The first-order valence-electron chi connectivity index (χ1n) is 12.7. The lowest BCUT2D eigenvalue weighted by Gasteiger charge is -2.40. The Balaban J connectivity index is 1.57. The summed E-state index contributed by atoms with van der Waals surface area (Å²) in [5.74, 6) is -0.133. The van der Waals surface area contributed by atoms with Crippen molar-refractivity contribution < 1.29 is 9.53 Å². The van der Waals surface area contributed by atoms with Gasteiger partial charge in [0.2, 0.25) is 0 Å². The van der Waals surface area contributed by atoms with E-state index in [1.807, 2.05) is 13.0 Å². The fourth-order valence-corrected chi connectivity index (χ4v) is 6.15. The number of halogens is 1. The molecule has 2 heterocycles. The molecule has 1 aromatic carbocycles. The van der Waals surface area contributed by atoms with Crippen molar-refractivity contribution in [2.24, 2.45) is 0 Å². The van der Waals surface area contributed by atoms with Crippen LogP contribution in [0.15, 0.2) is 39.0 Å². The molecule has 1 N–H and O–H groups in total. The summed E-state index contributed by atoms with van der Waals surface area (Å²) in [5, 5.41) is 17.0. The normalized spacial score (nSPS) is 19.7. The van der Waals surface area contributed by atoms with E-state index in [4.69, 9.17) is 4.74 Å². The molecular weight excluding hydrogens is 494 g/mol. The number of carbonyl (C=O) groups excluding carboxylic acids is 1. The largest absolute Gasteiger partial charge is 0.758 e. The molecule has 6 nitrogen and oxygen atoms in total. The monoisotopic (exact) mass is 530 g/mol. The number of hydrogen-bond acceptors (Lipinski definition) is 5. The van der Waals surface area contributed by atoms with Gasteiger partial charge in [0.15, 0.2) is 0 Å². The molecule has 0 unspecified atom stereocenters. The van der Waals surface area contributed by atoms with E-state index in [1.165, 1.54) is 29.6 Å². The highest BCUT2D eigenvalue weighted by Crippen LogP contribution is 2.37. The zero-order chi connectivity index (χ0) is 24.2. The van der Waals surface area contributed by atoms with E-state index in [0.29, 0.717) is 18.2 Å². The summed E-state index contributed by atoms with van der Waals surface area (Å²) in [5.41, 5.74) is 7.15. The van der Waals surface area contributed by atoms with Crippen LogP contribution >= 0.6 is 15.9 Å². The van der Waals surface area contributed by atoms with Crippen LogP contribution in [0.1, 0.15) is 74.7 Å². The number of nitrogens with one attached hydrogen (secondary N) is 1. The van der Waals surface area contributed by atoms with Gasteiger partial charge in [0.25, 0.3) is 5.91 Å². The fourth-order valence-electron chi connectivity index (χ4n) is 5.70. The molecule has 34 heavy (non-hydrogen) atoms. The summed E-state index contributed by atoms with van der Waals surface area (Å²) < 4.78 is 6.45. The van der Waals surface area contributed by atoms with Gasteiger partial charge in [-0.3, -0.25) is 4.79 Å². The number of rotatable bonds is 6. The van der Waals surface area contributed by atoms with E-state index < -0.39 is 0 Å². The van der Waals surface area contributed by atoms with E-state index in [9.17, 15) is 10.0 Å². The van der Waals surface area contributed by atoms with E-state index in [0.717, 1.165) is 78.3 Å². The molecule has 0 spiro atoms. The molecule has 2 fully saturated rings. The van der Waals surface area contributed by atoms with Gasteiger partial charge < -0.3 is 25.2 Å². The summed E-state index contributed by atoms with van der Waals surface area (Å²) >= 11 is 3.63. The van der Waals surface area contributed by atoms with Crippen LogP contribution in [0.25, 0.3) is 0 Å². The first-order chi connectivity index (χ1) is 16.4. The number of hydroxylamine groups is 2. The second-order valence-electron chi connectivity index (χ2n) is 9.69.